The maximum Gasteiger partial charge on any atom is 0.105 e. The molecule has 1 atom stereocenters. The minimum atomic E-state index is 0.477. The third kappa shape index (κ3) is 1.57. The summed E-state index contributed by atoms with van der Waals surface area (Å²) >= 11 is 0. The molecule has 1 unspecified atom stereocenters. The quantitative estimate of drug-likeness (QED) is 0.639. The van der Waals surface area contributed by atoms with Crippen LogP contribution in [0.15, 0.2) is 30.5 Å². The summed E-state index contributed by atoms with van der Waals surface area (Å²) in [6.45, 7) is 2.03. The molecule has 0 amide bonds. The lowest BCUT2D eigenvalue weighted by atomic mass is 9.98. The van der Waals surface area contributed by atoms with Crippen molar-refractivity contribution < 1.29 is 0 Å². The highest BCUT2D eigenvalue weighted by atomic mass is 15.0. The van der Waals surface area contributed by atoms with Crippen molar-refractivity contribution in [1.82, 2.24) is 9.55 Å². The predicted molar refractivity (Wildman–Crippen MR) is 53.6 cm³/mol. The van der Waals surface area contributed by atoms with E-state index < -0.39 is 0 Å². The molecule has 0 radical (unpaired) electrons. The standard InChI is InChI=1S/C11H14N2/c1-9-12-11(8-13(9)2)10-6-4-3-5-7-10/h3-6,8,10H,7H2,1-2H3. The van der Waals surface area contributed by atoms with E-state index in [0.717, 1.165) is 12.2 Å². The minimum absolute atomic E-state index is 0.477. The van der Waals surface area contributed by atoms with Gasteiger partial charge in [0.2, 0.25) is 0 Å². The summed E-state index contributed by atoms with van der Waals surface area (Å²) in [7, 11) is 2.04. The highest BCUT2D eigenvalue weighted by Crippen LogP contribution is 2.23. The fourth-order valence-electron chi connectivity index (χ4n) is 1.56. The van der Waals surface area contributed by atoms with Gasteiger partial charge in [-0.2, -0.15) is 0 Å². The Morgan fingerprint density at radius 3 is 2.85 bits per heavy atom. The van der Waals surface area contributed by atoms with Crippen molar-refractivity contribution in [2.24, 2.45) is 7.05 Å². The average molecular weight is 174 g/mol. The van der Waals surface area contributed by atoms with E-state index in [1.807, 2.05) is 14.0 Å². The van der Waals surface area contributed by atoms with Crippen LogP contribution in [0.4, 0.5) is 0 Å². The normalized spacial score (nSPS) is 20.9. The van der Waals surface area contributed by atoms with Gasteiger partial charge in [0.25, 0.3) is 0 Å². The van der Waals surface area contributed by atoms with E-state index in [9.17, 15) is 0 Å². The van der Waals surface area contributed by atoms with E-state index in [0.29, 0.717) is 5.92 Å². The second kappa shape index (κ2) is 3.21. The first kappa shape index (κ1) is 8.30. The number of imidazole rings is 1. The maximum atomic E-state index is 4.51. The van der Waals surface area contributed by atoms with Crippen LogP contribution in [0.25, 0.3) is 0 Å². The van der Waals surface area contributed by atoms with Gasteiger partial charge in [-0.1, -0.05) is 24.3 Å². The molecule has 0 spiro atoms. The van der Waals surface area contributed by atoms with Crippen LogP contribution in [-0.2, 0) is 7.05 Å². The fourth-order valence-corrected chi connectivity index (χ4v) is 1.56. The van der Waals surface area contributed by atoms with Crippen LogP contribution in [0, 0.1) is 6.92 Å². The number of nitrogens with zero attached hydrogens (tertiary/aromatic N) is 2. The van der Waals surface area contributed by atoms with E-state index >= 15 is 0 Å². The average Bonchev–Trinajstić information content (AvgIpc) is 2.49. The lowest BCUT2D eigenvalue weighted by molar-refractivity contribution is 0.820. The highest BCUT2D eigenvalue weighted by molar-refractivity contribution is 5.23. The Kier molecular flexibility index (Phi) is 2.05. The SMILES string of the molecule is Cc1nc(C2C=CC=CC2)cn1C. The van der Waals surface area contributed by atoms with Crippen LogP contribution in [-0.4, -0.2) is 9.55 Å². The van der Waals surface area contributed by atoms with Crippen LogP contribution >= 0.6 is 0 Å². The van der Waals surface area contributed by atoms with E-state index in [2.05, 4.69) is 40.1 Å². The zero-order valence-electron chi connectivity index (χ0n) is 8.07. The van der Waals surface area contributed by atoms with Gasteiger partial charge in [0, 0.05) is 19.2 Å². The van der Waals surface area contributed by atoms with Crippen LogP contribution in [0.1, 0.15) is 23.9 Å². The molecular formula is C11H14N2. The van der Waals surface area contributed by atoms with E-state index in [1.54, 1.807) is 0 Å². The van der Waals surface area contributed by atoms with E-state index in [-0.39, 0.29) is 0 Å². The fraction of sp³-hybridized carbons (Fsp3) is 0.364. The first-order valence-electron chi connectivity index (χ1n) is 4.60. The van der Waals surface area contributed by atoms with Crippen molar-refractivity contribution in [1.29, 1.82) is 0 Å². The van der Waals surface area contributed by atoms with Crippen molar-refractivity contribution in [3.63, 3.8) is 0 Å². The molecule has 0 bridgehead atoms. The molecule has 1 aliphatic rings. The van der Waals surface area contributed by atoms with E-state index in [4.69, 9.17) is 0 Å². The molecule has 1 aromatic rings. The predicted octanol–water partition coefficient (Wildman–Crippen LogP) is 2.33. The summed E-state index contributed by atoms with van der Waals surface area (Å²) in [6.07, 6.45) is 11.8. The monoisotopic (exact) mass is 174 g/mol. The number of aromatic nitrogens is 2. The van der Waals surface area contributed by atoms with Gasteiger partial charge in [-0.3, -0.25) is 0 Å². The molecule has 1 heterocycles. The van der Waals surface area contributed by atoms with Gasteiger partial charge in [-0.15, -0.1) is 0 Å². The van der Waals surface area contributed by atoms with Crippen LogP contribution in [0.5, 0.6) is 0 Å². The molecule has 0 saturated carbocycles. The molecule has 2 nitrogen and oxygen atoms in total. The molecule has 1 aromatic heterocycles. The molecule has 13 heavy (non-hydrogen) atoms. The van der Waals surface area contributed by atoms with E-state index in [1.165, 1.54) is 5.69 Å². The number of rotatable bonds is 1. The van der Waals surface area contributed by atoms with Gasteiger partial charge in [0.15, 0.2) is 0 Å². The Hall–Kier alpha value is -1.31. The first-order valence-corrected chi connectivity index (χ1v) is 4.60. The second-order valence-corrected chi connectivity index (χ2v) is 3.48. The van der Waals surface area contributed by atoms with Gasteiger partial charge < -0.3 is 4.57 Å². The highest BCUT2D eigenvalue weighted by Gasteiger charge is 2.11. The summed E-state index contributed by atoms with van der Waals surface area (Å²) < 4.78 is 2.07. The Balaban J connectivity index is 2.25. The van der Waals surface area contributed by atoms with Gasteiger partial charge >= 0.3 is 0 Å². The molecule has 2 rings (SSSR count). The van der Waals surface area contributed by atoms with Crippen molar-refractivity contribution in [2.45, 2.75) is 19.3 Å². The zero-order chi connectivity index (χ0) is 9.26. The van der Waals surface area contributed by atoms with Crippen LogP contribution in [0.2, 0.25) is 0 Å². The molecular weight excluding hydrogens is 160 g/mol. The lowest BCUT2D eigenvalue weighted by Crippen LogP contribution is -1.96. The molecule has 2 heteroatoms. The van der Waals surface area contributed by atoms with Crippen molar-refractivity contribution in [3.8, 4) is 0 Å². The van der Waals surface area contributed by atoms with Gasteiger partial charge in [-0.25, -0.2) is 4.98 Å². The summed E-state index contributed by atoms with van der Waals surface area (Å²) in [5.74, 6) is 1.56. The topological polar surface area (TPSA) is 17.8 Å². The second-order valence-electron chi connectivity index (χ2n) is 3.48. The summed E-state index contributed by atoms with van der Waals surface area (Å²) in [5, 5.41) is 0. The Labute approximate surface area is 78.6 Å². The van der Waals surface area contributed by atoms with Crippen molar-refractivity contribution in [2.75, 3.05) is 0 Å². The van der Waals surface area contributed by atoms with Gasteiger partial charge in [-0.05, 0) is 13.3 Å². The third-order valence-corrected chi connectivity index (χ3v) is 2.49. The molecule has 1 aliphatic carbocycles. The number of hydrogen-bond acceptors (Lipinski definition) is 1. The molecule has 0 fully saturated rings. The maximum absolute atomic E-state index is 4.51. The Morgan fingerprint density at radius 1 is 1.46 bits per heavy atom. The smallest absolute Gasteiger partial charge is 0.105 e. The minimum Gasteiger partial charge on any atom is -0.338 e. The zero-order valence-corrected chi connectivity index (χ0v) is 8.07. The van der Waals surface area contributed by atoms with Gasteiger partial charge in [0.05, 0.1) is 5.69 Å². The first-order chi connectivity index (χ1) is 6.27. The number of allylic oxidation sites excluding steroid dienone is 4. The molecule has 0 saturated heterocycles. The molecule has 0 aliphatic heterocycles. The van der Waals surface area contributed by atoms with Gasteiger partial charge in [0.1, 0.15) is 5.82 Å². The summed E-state index contributed by atoms with van der Waals surface area (Å²) in [6, 6.07) is 0. The third-order valence-electron chi connectivity index (χ3n) is 2.49. The van der Waals surface area contributed by atoms with Crippen molar-refractivity contribution >= 4 is 0 Å². The summed E-state index contributed by atoms with van der Waals surface area (Å²) in [4.78, 5) is 4.51. The van der Waals surface area contributed by atoms with Crippen LogP contribution < -0.4 is 0 Å². The Morgan fingerprint density at radius 2 is 2.31 bits per heavy atom. The Bertz CT molecular complexity index is 339. The summed E-state index contributed by atoms with van der Waals surface area (Å²) in [5.41, 5.74) is 1.18. The molecule has 0 N–H and O–H groups in total. The molecule has 68 valence electrons. The number of aryl methyl sites for hydroxylation is 2. The van der Waals surface area contributed by atoms with Crippen molar-refractivity contribution in [3.05, 3.63) is 42.0 Å². The lowest BCUT2D eigenvalue weighted by Gasteiger charge is -2.08. The largest absolute Gasteiger partial charge is 0.338 e. The molecule has 0 aromatic carbocycles. The number of hydrogen-bond donors (Lipinski definition) is 0. The van der Waals surface area contributed by atoms with Crippen LogP contribution in [0.3, 0.4) is 0 Å².